The van der Waals surface area contributed by atoms with E-state index in [0.717, 1.165) is 0 Å². The number of methoxy groups -OCH3 is 1. The molecule has 0 aliphatic rings. The van der Waals surface area contributed by atoms with Gasteiger partial charge in [-0.1, -0.05) is 6.07 Å². The smallest absolute Gasteiger partial charge is 0.408 e. The molecule has 1 atom stereocenters. The number of ether oxygens (including phenoxy) is 2. The fourth-order valence-electron chi connectivity index (χ4n) is 3.28. The maximum Gasteiger partial charge on any atom is 0.408 e. The first-order valence-corrected chi connectivity index (χ1v) is 11.1. The van der Waals surface area contributed by atoms with E-state index in [4.69, 9.17) is 9.47 Å². The summed E-state index contributed by atoms with van der Waals surface area (Å²) in [5.74, 6) is -0.501. The molecular weight excluding hydrogens is 454 g/mol. The maximum absolute atomic E-state index is 13.4. The largest absolute Gasteiger partial charge is 0.508 e. The Bertz CT molecular complexity index is 1030. The van der Waals surface area contributed by atoms with Crippen molar-refractivity contribution in [2.75, 3.05) is 32.1 Å². The number of carbonyl (C=O) groups excluding carboxylic acids is 3. The summed E-state index contributed by atoms with van der Waals surface area (Å²) in [6, 6.07) is 10.0. The van der Waals surface area contributed by atoms with E-state index in [1.165, 1.54) is 24.1 Å². The van der Waals surface area contributed by atoms with Crippen LogP contribution < -0.4 is 15.4 Å². The zero-order valence-corrected chi connectivity index (χ0v) is 20.6. The van der Waals surface area contributed by atoms with Crippen molar-refractivity contribution in [1.29, 1.82) is 0 Å². The molecule has 190 valence electrons. The number of alkyl carbamates (subject to hydrolysis) is 1. The Hall–Kier alpha value is -3.79. The van der Waals surface area contributed by atoms with Crippen molar-refractivity contribution in [1.82, 2.24) is 10.2 Å². The molecule has 0 spiro atoms. The van der Waals surface area contributed by atoms with E-state index < -0.39 is 42.7 Å². The minimum absolute atomic E-state index is 0.0367. The highest BCUT2D eigenvalue weighted by atomic mass is 16.6. The van der Waals surface area contributed by atoms with Crippen LogP contribution in [-0.2, 0) is 14.3 Å². The topological polar surface area (TPSA) is 137 Å². The Morgan fingerprint density at radius 2 is 1.74 bits per heavy atom. The third-order valence-electron chi connectivity index (χ3n) is 4.90. The first-order valence-electron chi connectivity index (χ1n) is 11.1. The van der Waals surface area contributed by atoms with Crippen LogP contribution in [0.2, 0.25) is 0 Å². The number of hydrogen-bond acceptors (Lipinski definition) is 7. The molecule has 3 amide bonds. The van der Waals surface area contributed by atoms with Crippen LogP contribution in [0.15, 0.2) is 42.5 Å². The number of aryl methyl sites for hydroxylation is 1. The van der Waals surface area contributed by atoms with Gasteiger partial charge >= 0.3 is 6.09 Å². The second kappa shape index (κ2) is 12.1. The quantitative estimate of drug-likeness (QED) is 0.427. The predicted molar refractivity (Wildman–Crippen MR) is 130 cm³/mol. The van der Waals surface area contributed by atoms with E-state index in [2.05, 4.69) is 10.6 Å². The summed E-state index contributed by atoms with van der Waals surface area (Å²) in [6.07, 6.45) is -0.783. The molecule has 10 nitrogen and oxygen atoms in total. The fraction of sp³-hybridized carbons (Fsp3) is 0.400. The molecule has 2 aromatic rings. The molecule has 0 radical (unpaired) electrons. The molecule has 0 aromatic heterocycles. The normalized spacial score (nSPS) is 11.8. The number of aliphatic hydroxyl groups excluding tert-OH is 1. The average Bonchev–Trinajstić information content (AvgIpc) is 2.78. The number of aliphatic hydroxyl groups is 1. The van der Waals surface area contributed by atoms with E-state index in [1.54, 1.807) is 58.0 Å². The van der Waals surface area contributed by atoms with Gasteiger partial charge in [-0.25, -0.2) is 4.79 Å². The van der Waals surface area contributed by atoms with Gasteiger partial charge in [0.15, 0.2) is 0 Å². The third kappa shape index (κ3) is 8.18. The summed E-state index contributed by atoms with van der Waals surface area (Å²) in [5, 5.41) is 24.7. The molecule has 10 heteroatoms. The minimum Gasteiger partial charge on any atom is -0.508 e. The lowest BCUT2D eigenvalue weighted by Gasteiger charge is -2.31. The fourth-order valence-corrected chi connectivity index (χ4v) is 3.28. The Labute approximate surface area is 204 Å². The number of benzene rings is 2. The van der Waals surface area contributed by atoms with Crippen LogP contribution in [0.1, 0.15) is 37.9 Å². The second-order valence-corrected chi connectivity index (χ2v) is 8.83. The van der Waals surface area contributed by atoms with Gasteiger partial charge in [0.1, 0.15) is 29.7 Å². The first-order chi connectivity index (χ1) is 16.4. The van der Waals surface area contributed by atoms with Crippen molar-refractivity contribution >= 4 is 23.6 Å². The molecule has 35 heavy (non-hydrogen) atoms. The number of rotatable bonds is 9. The standard InChI is InChI=1S/C25H33N3O7/c1-16-14-17(6-11-20(16)30)22(23(32)27-18-7-9-19(34-5)10-8-18)28(12-13-29)21(31)15-26-24(33)35-25(2,3)4/h6-11,14,22,29-30H,12-13,15H2,1-5H3,(H,26,33)(H,27,32). The van der Waals surface area contributed by atoms with Crippen molar-refractivity contribution in [3.63, 3.8) is 0 Å². The van der Waals surface area contributed by atoms with Crippen molar-refractivity contribution in [3.05, 3.63) is 53.6 Å². The summed E-state index contributed by atoms with van der Waals surface area (Å²) in [7, 11) is 1.53. The average molecular weight is 488 g/mol. The Morgan fingerprint density at radius 3 is 2.29 bits per heavy atom. The first kappa shape index (κ1) is 27.5. The number of phenolic OH excluding ortho intramolecular Hbond substituents is 1. The number of carbonyl (C=O) groups is 3. The number of amides is 3. The van der Waals surface area contributed by atoms with Crippen molar-refractivity contribution in [3.8, 4) is 11.5 Å². The summed E-state index contributed by atoms with van der Waals surface area (Å²) in [6.45, 7) is 5.71. The van der Waals surface area contributed by atoms with Gasteiger partial charge in [-0.05, 0) is 75.2 Å². The van der Waals surface area contributed by atoms with Gasteiger partial charge < -0.3 is 35.2 Å². The molecule has 0 heterocycles. The number of nitrogens with one attached hydrogen (secondary N) is 2. The molecule has 2 aromatic carbocycles. The monoisotopic (exact) mass is 487 g/mol. The van der Waals surface area contributed by atoms with Gasteiger partial charge in [0.2, 0.25) is 5.91 Å². The minimum atomic E-state index is -1.16. The highest BCUT2D eigenvalue weighted by molar-refractivity contribution is 5.98. The Morgan fingerprint density at radius 1 is 1.09 bits per heavy atom. The molecule has 2 rings (SSSR count). The van der Waals surface area contributed by atoms with E-state index >= 15 is 0 Å². The van der Waals surface area contributed by atoms with Crippen LogP contribution >= 0.6 is 0 Å². The zero-order valence-electron chi connectivity index (χ0n) is 20.6. The second-order valence-electron chi connectivity index (χ2n) is 8.83. The van der Waals surface area contributed by atoms with Crippen LogP contribution in [0.5, 0.6) is 11.5 Å². The SMILES string of the molecule is COc1ccc(NC(=O)C(c2ccc(O)c(C)c2)N(CCO)C(=O)CNC(=O)OC(C)(C)C)cc1. The van der Waals surface area contributed by atoms with Crippen LogP contribution in [0, 0.1) is 6.92 Å². The molecule has 0 bridgehead atoms. The summed E-state index contributed by atoms with van der Waals surface area (Å²) in [5.41, 5.74) is 0.653. The molecule has 0 aliphatic carbocycles. The van der Waals surface area contributed by atoms with Crippen molar-refractivity contribution < 1.29 is 34.1 Å². The van der Waals surface area contributed by atoms with Crippen molar-refractivity contribution in [2.45, 2.75) is 39.3 Å². The van der Waals surface area contributed by atoms with Gasteiger partial charge in [0.25, 0.3) is 5.91 Å². The van der Waals surface area contributed by atoms with Gasteiger partial charge in [-0.15, -0.1) is 0 Å². The molecule has 4 N–H and O–H groups in total. The van der Waals surface area contributed by atoms with Gasteiger partial charge in [-0.3, -0.25) is 9.59 Å². The lowest BCUT2D eigenvalue weighted by molar-refractivity contribution is -0.138. The van der Waals surface area contributed by atoms with Gasteiger partial charge in [0.05, 0.1) is 13.7 Å². The number of nitrogens with zero attached hydrogens (tertiary/aromatic N) is 1. The molecule has 0 aliphatic heterocycles. The number of phenols is 1. The molecular formula is C25H33N3O7. The summed E-state index contributed by atoms with van der Waals surface area (Å²) >= 11 is 0. The molecule has 0 saturated carbocycles. The highest BCUT2D eigenvalue weighted by Crippen LogP contribution is 2.28. The van der Waals surface area contributed by atoms with Gasteiger partial charge in [-0.2, -0.15) is 0 Å². The molecule has 0 fully saturated rings. The van der Waals surface area contributed by atoms with E-state index in [0.29, 0.717) is 22.6 Å². The third-order valence-corrected chi connectivity index (χ3v) is 4.90. The number of anilines is 1. The molecule has 1 unspecified atom stereocenters. The zero-order chi connectivity index (χ0) is 26.2. The maximum atomic E-state index is 13.4. The lowest BCUT2D eigenvalue weighted by atomic mass is 10.0. The predicted octanol–water partition coefficient (Wildman–Crippen LogP) is 2.73. The molecule has 0 saturated heterocycles. The van der Waals surface area contributed by atoms with Crippen LogP contribution in [0.3, 0.4) is 0 Å². The summed E-state index contributed by atoms with van der Waals surface area (Å²) < 4.78 is 10.3. The Balaban J connectivity index is 2.34. The van der Waals surface area contributed by atoms with Gasteiger partial charge in [0, 0.05) is 12.2 Å². The summed E-state index contributed by atoms with van der Waals surface area (Å²) in [4.78, 5) is 39.7. The van der Waals surface area contributed by atoms with E-state index in [9.17, 15) is 24.6 Å². The number of aromatic hydroxyl groups is 1. The van der Waals surface area contributed by atoms with Crippen LogP contribution in [0.4, 0.5) is 10.5 Å². The highest BCUT2D eigenvalue weighted by Gasteiger charge is 2.32. The van der Waals surface area contributed by atoms with E-state index in [-0.39, 0.29) is 12.3 Å². The lowest BCUT2D eigenvalue weighted by Crippen LogP contribution is -2.47. The van der Waals surface area contributed by atoms with Crippen LogP contribution in [0.25, 0.3) is 0 Å². The van der Waals surface area contributed by atoms with Crippen LogP contribution in [-0.4, -0.2) is 65.4 Å². The van der Waals surface area contributed by atoms with E-state index in [1.807, 2.05) is 0 Å². The Kier molecular flexibility index (Phi) is 9.47. The van der Waals surface area contributed by atoms with Crippen molar-refractivity contribution in [2.24, 2.45) is 0 Å². The number of hydrogen-bond donors (Lipinski definition) is 4.